The first kappa shape index (κ1) is 11.6. The fraction of sp³-hybridized carbons (Fsp3) is 0.0714. The lowest BCUT2D eigenvalue weighted by molar-refractivity contribution is 0.0925. The maximum atomic E-state index is 12.2. The SMILES string of the molecule is NCc1cccc(N2C(=O)c3ccccc3C2=O)n1. The van der Waals surface area contributed by atoms with Crippen molar-refractivity contribution < 1.29 is 9.59 Å². The van der Waals surface area contributed by atoms with Gasteiger partial charge in [0.1, 0.15) is 5.82 Å². The number of nitrogens with zero attached hydrogens (tertiary/aromatic N) is 2. The van der Waals surface area contributed by atoms with Gasteiger partial charge in [-0.2, -0.15) is 0 Å². The molecule has 0 aliphatic carbocycles. The number of aromatic nitrogens is 1. The highest BCUT2D eigenvalue weighted by Crippen LogP contribution is 2.26. The molecule has 0 fully saturated rings. The summed E-state index contributed by atoms with van der Waals surface area (Å²) in [7, 11) is 0. The van der Waals surface area contributed by atoms with Crippen LogP contribution >= 0.6 is 0 Å². The van der Waals surface area contributed by atoms with Gasteiger partial charge in [0, 0.05) is 6.54 Å². The van der Waals surface area contributed by atoms with E-state index in [1.54, 1.807) is 42.5 Å². The molecule has 3 rings (SSSR count). The molecule has 1 aliphatic rings. The Morgan fingerprint density at radius 3 is 2.16 bits per heavy atom. The Kier molecular flexibility index (Phi) is 2.61. The Balaban J connectivity index is 2.08. The number of hydrogen-bond donors (Lipinski definition) is 1. The number of imide groups is 1. The first-order chi connectivity index (χ1) is 9.22. The fourth-order valence-electron chi connectivity index (χ4n) is 2.10. The molecular weight excluding hydrogens is 242 g/mol. The van der Waals surface area contributed by atoms with Crippen molar-refractivity contribution in [2.75, 3.05) is 4.90 Å². The Hall–Kier alpha value is -2.53. The van der Waals surface area contributed by atoms with E-state index in [4.69, 9.17) is 5.73 Å². The minimum atomic E-state index is -0.345. The van der Waals surface area contributed by atoms with Crippen molar-refractivity contribution in [1.82, 2.24) is 4.98 Å². The number of fused-ring (bicyclic) bond motifs is 1. The monoisotopic (exact) mass is 253 g/mol. The summed E-state index contributed by atoms with van der Waals surface area (Å²) in [6, 6.07) is 11.9. The van der Waals surface area contributed by atoms with Crippen molar-refractivity contribution in [3.63, 3.8) is 0 Å². The Morgan fingerprint density at radius 2 is 1.58 bits per heavy atom. The van der Waals surface area contributed by atoms with Crippen molar-refractivity contribution in [1.29, 1.82) is 0 Å². The van der Waals surface area contributed by atoms with Crippen LogP contribution in [-0.4, -0.2) is 16.8 Å². The van der Waals surface area contributed by atoms with Gasteiger partial charge in [-0.15, -0.1) is 0 Å². The fourth-order valence-corrected chi connectivity index (χ4v) is 2.10. The van der Waals surface area contributed by atoms with Crippen LogP contribution < -0.4 is 10.6 Å². The normalized spacial score (nSPS) is 13.8. The molecule has 2 heterocycles. The summed E-state index contributed by atoms with van der Waals surface area (Å²) in [5.41, 5.74) is 6.97. The summed E-state index contributed by atoms with van der Waals surface area (Å²) < 4.78 is 0. The molecule has 5 nitrogen and oxygen atoms in total. The lowest BCUT2D eigenvalue weighted by atomic mass is 10.1. The molecule has 94 valence electrons. The van der Waals surface area contributed by atoms with Gasteiger partial charge >= 0.3 is 0 Å². The second-order valence-corrected chi connectivity index (χ2v) is 4.18. The van der Waals surface area contributed by atoms with Gasteiger partial charge in [-0.25, -0.2) is 9.88 Å². The van der Waals surface area contributed by atoms with Crippen LogP contribution in [0.1, 0.15) is 26.4 Å². The molecule has 5 heteroatoms. The zero-order valence-electron chi connectivity index (χ0n) is 10.0. The lowest BCUT2D eigenvalue weighted by Crippen LogP contribution is -2.30. The zero-order valence-corrected chi connectivity index (χ0v) is 10.0. The first-order valence-corrected chi connectivity index (χ1v) is 5.86. The molecule has 2 aromatic rings. The van der Waals surface area contributed by atoms with Crippen molar-refractivity contribution in [2.24, 2.45) is 5.73 Å². The van der Waals surface area contributed by atoms with E-state index in [0.29, 0.717) is 22.6 Å². The average Bonchev–Trinajstić information content (AvgIpc) is 2.72. The van der Waals surface area contributed by atoms with E-state index in [9.17, 15) is 9.59 Å². The van der Waals surface area contributed by atoms with Gasteiger partial charge in [-0.05, 0) is 24.3 Å². The van der Waals surface area contributed by atoms with Crippen molar-refractivity contribution in [3.05, 3.63) is 59.3 Å². The number of benzene rings is 1. The molecule has 0 unspecified atom stereocenters. The summed E-state index contributed by atoms with van der Waals surface area (Å²) >= 11 is 0. The molecule has 1 aromatic heterocycles. The van der Waals surface area contributed by atoms with Gasteiger partial charge in [0.25, 0.3) is 11.8 Å². The summed E-state index contributed by atoms with van der Waals surface area (Å²) in [6.45, 7) is 0.261. The summed E-state index contributed by atoms with van der Waals surface area (Å²) in [6.07, 6.45) is 0. The number of amides is 2. The van der Waals surface area contributed by atoms with Gasteiger partial charge in [0.2, 0.25) is 0 Å². The van der Waals surface area contributed by atoms with E-state index in [1.165, 1.54) is 0 Å². The molecule has 1 aliphatic heterocycles. The molecule has 0 saturated heterocycles. The largest absolute Gasteiger partial charge is 0.325 e. The van der Waals surface area contributed by atoms with E-state index in [2.05, 4.69) is 4.98 Å². The van der Waals surface area contributed by atoms with Gasteiger partial charge in [-0.3, -0.25) is 9.59 Å². The third-order valence-electron chi connectivity index (χ3n) is 3.02. The molecular formula is C14H11N3O2. The quantitative estimate of drug-likeness (QED) is 0.819. The number of pyridine rings is 1. The van der Waals surface area contributed by atoms with E-state index in [0.717, 1.165) is 4.90 Å². The molecule has 0 bridgehead atoms. The smallest absolute Gasteiger partial charge is 0.267 e. The molecule has 0 atom stereocenters. The van der Waals surface area contributed by atoms with Crippen LogP contribution in [-0.2, 0) is 6.54 Å². The number of anilines is 1. The Morgan fingerprint density at radius 1 is 0.947 bits per heavy atom. The van der Waals surface area contributed by atoms with Crippen LogP contribution in [0.25, 0.3) is 0 Å². The summed E-state index contributed by atoms with van der Waals surface area (Å²) in [5.74, 6) is -0.376. The molecule has 0 spiro atoms. The van der Waals surface area contributed by atoms with E-state index < -0.39 is 0 Å². The second kappa shape index (κ2) is 4.29. The minimum absolute atomic E-state index is 0.261. The van der Waals surface area contributed by atoms with Crippen molar-refractivity contribution in [3.8, 4) is 0 Å². The highest BCUT2D eigenvalue weighted by atomic mass is 16.2. The van der Waals surface area contributed by atoms with Gasteiger partial charge < -0.3 is 5.73 Å². The molecule has 1 aromatic carbocycles. The molecule has 2 amide bonds. The van der Waals surface area contributed by atoms with Crippen LogP contribution in [0.2, 0.25) is 0 Å². The van der Waals surface area contributed by atoms with E-state index in [-0.39, 0.29) is 18.4 Å². The van der Waals surface area contributed by atoms with Gasteiger partial charge in [0.15, 0.2) is 0 Å². The van der Waals surface area contributed by atoms with Crippen LogP contribution in [0.3, 0.4) is 0 Å². The molecule has 0 saturated carbocycles. The Bertz CT molecular complexity index is 647. The van der Waals surface area contributed by atoms with Crippen LogP contribution in [0.15, 0.2) is 42.5 Å². The third kappa shape index (κ3) is 1.71. The van der Waals surface area contributed by atoms with Crippen molar-refractivity contribution >= 4 is 17.6 Å². The predicted octanol–water partition coefficient (Wildman–Crippen LogP) is 1.34. The minimum Gasteiger partial charge on any atom is -0.325 e. The van der Waals surface area contributed by atoms with Crippen LogP contribution in [0.5, 0.6) is 0 Å². The third-order valence-corrected chi connectivity index (χ3v) is 3.02. The summed E-state index contributed by atoms with van der Waals surface area (Å²) in [5, 5.41) is 0. The van der Waals surface area contributed by atoms with E-state index >= 15 is 0 Å². The maximum Gasteiger partial charge on any atom is 0.267 e. The van der Waals surface area contributed by atoms with E-state index in [1.807, 2.05) is 0 Å². The number of rotatable bonds is 2. The van der Waals surface area contributed by atoms with Gasteiger partial charge in [-0.1, -0.05) is 18.2 Å². The number of carbonyl (C=O) groups excluding carboxylic acids is 2. The topological polar surface area (TPSA) is 76.3 Å². The maximum absolute atomic E-state index is 12.2. The lowest BCUT2D eigenvalue weighted by Gasteiger charge is -2.13. The highest BCUT2D eigenvalue weighted by molar-refractivity contribution is 6.34. The molecule has 2 N–H and O–H groups in total. The summed E-state index contributed by atoms with van der Waals surface area (Å²) in [4.78, 5) is 29.8. The van der Waals surface area contributed by atoms with Crippen LogP contribution in [0, 0.1) is 0 Å². The number of hydrogen-bond acceptors (Lipinski definition) is 4. The average molecular weight is 253 g/mol. The second-order valence-electron chi connectivity index (χ2n) is 4.18. The molecule has 19 heavy (non-hydrogen) atoms. The van der Waals surface area contributed by atoms with Crippen molar-refractivity contribution in [2.45, 2.75) is 6.54 Å². The first-order valence-electron chi connectivity index (χ1n) is 5.86. The molecule has 0 radical (unpaired) electrons. The standard InChI is InChI=1S/C14H11N3O2/c15-8-9-4-3-7-12(16-9)17-13(18)10-5-1-2-6-11(10)14(17)19/h1-7H,8,15H2. The zero-order chi connectivity index (χ0) is 13.4. The number of nitrogens with two attached hydrogens (primary N) is 1. The number of carbonyl (C=O) groups is 2. The predicted molar refractivity (Wildman–Crippen MR) is 69.7 cm³/mol. The highest BCUT2D eigenvalue weighted by Gasteiger charge is 2.36. The Labute approximate surface area is 109 Å². The van der Waals surface area contributed by atoms with Gasteiger partial charge in [0.05, 0.1) is 16.8 Å². The van der Waals surface area contributed by atoms with Crippen LogP contribution in [0.4, 0.5) is 5.82 Å².